The molecule has 0 radical (unpaired) electrons. The fourth-order valence-electron chi connectivity index (χ4n) is 3.94. The molecular formula is C17H20N4O2. The topological polar surface area (TPSA) is 99.0 Å². The molecule has 0 saturated carbocycles. The monoisotopic (exact) mass is 312 g/mol. The van der Waals surface area contributed by atoms with E-state index in [1.807, 2.05) is 13.8 Å². The molecule has 6 heteroatoms. The van der Waals surface area contributed by atoms with Crippen molar-refractivity contribution < 1.29 is 10.2 Å². The number of phenolic OH excluding ortho intramolecular Hbond substituents is 2. The number of nitrogens with two attached hydrogens (primary N) is 2. The molecule has 0 spiro atoms. The van der Waals surface area contributed by atoms with Gasteiger partial charge in [-0.15, -0.1) is 0 Å². The number of benzene rings is 2. The first-order valence-corrected chi connectivity index (χ1v) is 7.60. The highest BCUT2D eigenvalue weighted by Crippen LogP contribution is 2.48. The van der Waals surface area contributed by atoms with Gasteiger partial charge < -0.3 is 31.5 Å². The molecule has 0 unspecified atom stereocenters. The summed E-state index contributed by atoms with van der Waals surface area (Å²) in [5.41, 5.74) is 18.7. The van der Waals surface area contributed by atoms with Crippen LogP contribution in [0.25, 0.3) is 0 Å². The van der Waals surface area contributed by atoms with Gasteiger partial charge in [-0.3, -0.25) is 0 Å². The van der Waals surface area contributed by atoms with Gasteiger partial charge in [-0.05, 0) is 37.1 Å². The lowest BCUT2D eigenvalue weighted by molar-refractivity contribution is 0.464. The van der Waals surface area contributed by atoms with E-state index < -0.39 is 0 Å². The number of aromatic hydroxyl groups is 2. The predicted molar refractivity (Wildman–Crippen MR) is 91.7 cm³/mol. The molecule has 0 aromatic heterocycles. The Hall–Kier alpha value is -2.76. The van der Waals surface area contributed by atoms with E-state index in [-0.39, 0.29) is 11.5 Å². The van der Waals surface area contributed by atoms with E-state index >= 15 is 0 Å². The number of nitrogen functional groups attached to an aromatic ring is 2. The average molecular weight is 312 g/mol. The van der Waals surface area contributed by atoms with Crippen molar-refractivity contribution in [2.45, 2.75) is 26.9 Å². The van der Waals surface area contributed by atoms with Crippen molar-refractivity contribution >= 4 is 22.7 Å². The first-order chi connectivity index (χ1) is 10.9. The molecule has 2 aliphatic rings. The summed E-state index contributed by atoms with van der Waals surface area (Å²) in [6, 6.07) is 3.50. The maximum Gasteiger partial charge on any atom is 0.145 e. The second kappa shape index (κ2) is 4.38. The number of phenols is 2. The highest BCUT2D eigenvalue weighted by atomic mass is 16.3. The SMILES string of the molecule is Cc1cc(O)c(N)c2c1N1Cc3c(O)c(N)cc(C)c3N(C2)C1. The molecule has 2 bridgehead atoms. The predicted octanol–water partition coefficient (Wildman–Crippen LogP) is 2.18. The van der Waals surface area contributed by atoms with Crippen LogP contribution in [-0.4, -0.2) is 16.9 Å². The Morgan fingerprint density at radius 3 is 2.17 bits per heavy atom. The fourth-order valence-corrected chi connectivity index (χ4v) is 3.94. The number of hydrogen-bond donors (Lipinski definition) is 4. The van der Waals surface area contributed by atoms with Crippen molar-refractivity contribution in [3.05, 3.63) is 34.4 Å². The Labute approximate surface area is 134 Å². The zero-order chi connectivity index (χ0) is 16.5. The third-order valence-electron chi connectivity index (χ3n) is 4.88. The molecule has 0 aliphatic carbocycles. The van der Waals surface area contributed by atoms with Crippen LogP contribution in [0.15, 0.2) is 12.1 Å². The van der Waals surface area contributed by atoms with E-state index in [0.717, 1.165) is 40.3 Å². The van der Waals surface area contributed by atoms with Crippen LogP contribution in [0.1, 0.15) is 22.3 Å². The van der Waals surface area contributed by atoms with Gasteiger partial charge in [0.15, 0.2) is 0 Å². The van der Waals surface area contributed by atoms with Gasteiger partial charge in [-0.25, -0.2) is 0 Å². The van der Waals surface area contributed by atoms with Crippen LogP contribution in [0.5, 0.6) is 11.5 Å². The Kier molecular flexibility index (Phi) is 2.64. The van der Waals surface area contributed by atoms with Crippen molar-refractivity contribution in [1.82, 2.24) is 0 Å². The van der Waals surface area contributed by atoms with Crippen LogP contribution < -0.4 is 21.3 Å². The van der Waals surface area contributed by atoms with Gasteiger partial charge in [0, 0.05) is 23.4 Å². The van der Waals surface area contributed by atoms with E-state index in [9.17, 15) is 10.2 Å². The second-order valence-electron chi connectivity index (χ2n) is 6.45. The maximum absolute atomic E-state index is 10.4. The van der Waals surface area contributed by atoms with Crippen molar-refractivity contribution in [3.63, 3.8) is 0 Å². The largest absolute Gasteiger partial charge is 0.506 e. The highest BCUT2D eigenvalue weighted by molar-refractivity contribution is 5.81. The molecule has 4 rings (SSSR count). The summed E-state index contributed by atoms with van der Waals surface area (Å²) in [5.74, 6) is 0.286. The van der Waals surface area contributed by atoms with Gasteiger partial charge in [0.2, 0.25) is 0 Å². The van der Waals surface area contributed by atoms with Crippen molar-refractivity contribution in [1.29, 1.82) is 0 Å². The summed E-state index contributed by atoms with van der Waals surface area (Å²) in [6.45, 7) is 5.87. The van der Waals surface area contributed by atoms with Crippen LogP contribution in [0.3, 0.4) is 0 Å². The summed E-state index contributed by atoms with van der Waals surface area (Å²) in [5, 5.41) is 20.4. The van der Waals surface area contributed by atoms with Crippen molar-refractivity contribution in [2.75, 3.05) is 27.9 Å². The van der Waals surface area contributed by atoms with E-state index in [2.05, 4.69) is 9.80 Å². The van der Waals surface area contributed by atoms with E-state index in [1.165, 1.54) is 0 Å². The number of nitrogens with zero attached hydrogens (tertiary/aromatic N) is 2. The van der Waals surface area contributed by atoms with Crippen LogP contribution in [0, 0.1) is 13.8 Å². The fraction of sp³-hybridized carbons (Fsp3) is 0.294. The molecule has 23 heavy (non-hydrogen) atoms. The van der Waals surface area contributed by atoms with E-state index in [0.29, 0.717) is 24.5 Å². The lowest BCUT2D eigenvalue weighted by Crippen LogP contribution is -2.47. The Balaban J connectivity index is 1.94. The van der Waals surface area contributed by atoms with E-state index in [4.69, 9.17) is 11.5 Å². The molecular weight excluding hydrogens is 292 g/mol. The van der Waals surface area contributed by atoms with Gasteiger partial charge in [0.05, 0.1) is 30.3 Å². The Bertz CT molecular complexity index is 778. The lowest BCUT2D eigenvalue weighted by Gasteiger charge is -2.46. The molecule has 2 aromatic carbocycles. The summed E-state index contributed by atoms with van der Waals surface area (Å²) in [6.07, 6.45) is 0. The van der Waals surface area contributed by atoms with Gasteiger partial charge in [0.1, 0.15) is 11.5 Å². The number of rotatable bonds is 0. The quantitative estimate of drug-likeness (QED) is 0.439. The molecule has 0 saturated heterocycles. The molecule has 6 nitrogen and oxygen atoms in total. The van der Waals surface area contributed by atoms with Crippen LogP contribution >= 0.6 is 0 Å². The summed E-state index contributed by atoms with van der Waals surface area (Å²) >= 11 is 0. The van der Waals surface area contributed by atoms with Crippen LogP contribution in [0.4, 0.5) is 22.7 Å². The Morgan fingerprint density at radius 1 is 0.913 bits per heavy atom. The first-order valence-electron chi connectivity index (χ1n) is 7.60. The third-order valence-corrected chi connectivity index (χ3v) is 4.88. The molecule has 0 atom stereocenters. The molecule has 6 N–H and O–H groups in total. The highest BCUT2D eigenvalue weighted by Gasteiger charge is 2.35. The molecule has 2 aromatic rings. The number of hydrogen-bond acceptors (Lipinski definition) is 6. The minimum Gasteiger partial charge on any atom is -0.506 e. The molecule has 0 amide bonds. The molecule has 2 aliphatic heterocycles. The number of aryl methyl sites for hydroxylation is 2. The number of fused-ring (bicyclic) bond motifs is 6. The standard InChI is InChI=1S/C17H20N4O2/c1-8-3-12(18)17(23)11-6-21-7-20(16(8)11)5-10-14(19)13(22)4-9(2)15(10)21/h3-4,22-23H,5-7,18-19H2,1-2H3. The van der Waals surface area contributed by atoms with Crippen LogP contribution in [0.2, 0.25) is 0 Å². The van der Waals surface area contributed by atoms with Gasteiger partial charge in [-0.2, -0.15) is 0 Å². The lowest BCUT2D eigenvalue weighted by atomic mass is 9.94. The second-order valence-corrected chi connectivity index (χ2v) is 6.45. The van der Waals surface area contributed by atoms with Gasteiger partial charge >= 0.3 is 0 Å². The summed E-state index contributed by atoms with van der Waals surface area (Å²) in [7, 11) is 0. The minimum atomic E-state index is 0.126. The smallest absolute Gasteiger partial charge is 0.145 e. The zero-order valence-electron chi connectivity index (χ0n) is 13.2. The van der Waals surface area contributed by atoms with Crippen molar-refractivity contribution in [2.24, 2.45) is 0 Å². The minimum absolute atomic E-state index is 0.126. The van der Waals surface area contributed by atoms with Gasteiger partial charge in [-0.1, -0.05) is 0 Å². The maximum atomic E-state index is 10.4. The summed E-state index contributed by atoms with van der Waals surface area (Å²) < 4.78 is 0. The molecule has 0 fully saturated rings. The van der Waals surface area contributed by atoms with Crippen molar-refractivity contribution in [3.8, 4) is 11.5 Å². The summed E-state index contributed by atoms with van der Waals surface area (Å²) in [4.78, 5) is 4.34. The average Bonchev–Trinajstić information content (AvgIpc) is 2.49. The first kappa shape index (κ1) is 13.9. The third kappa shape index (κ3) is 1.75. The Morgan fingerprint density at radius 2 is 1.48 bits per heavy atom. The number of anilines is 4. The van der Waals surface area contributed by atoms with E-state index in [1.54, 1.807) is 12.1 Å². The van der Waals surface area contributed by atoms with Crippen LogP contribution in [-0.2, 0) is 13.1 Å². The zero-order valence-corrected chi connectivity index (χ0v) is 13.2. The van der Waals surface area contributed by atoms with Gasteiger partial charge in [0.25, 0.3) is 0 Å². The molecule has 120 valence electrons. The molecule has 2 heterocycles. The normalized spacial score (nSPS) is 15.4.